The summed E-state index contributed by atoms with van der Waals surface area (Å²) in [5.74, 6) is 0. The lowest BCUT2D eigenvalue weighted by Gasteiger charge is -2.37. The molecule has 1 aliphatic carbocycles. The van der Waals surface area contributed by atoms with Crippen molar-refractivity contribution in [3.63, 3.8) is 0 Å². The highest BCUT2D eigenvalue weighted by atomic mass is 16.3. The lowest BCUT2D eigenvalue weighted by atomic mass is 9.80. The van der Waals surface area contributed by atoms with Crippen LogP contribution in [-0.2, 0) is 0 Å². The van der Waals surface area contributed by atoms with Gasteiger partial charge in [-0.3, -0.25) is 4.98 Å². The summed E-state index contributed by atoms with van der Waals surface area (Å²) in [6.45, 7) is 0.563. The van der Waals surface area contributed by atoms with Crippen LogP contribution < -0.4 is 11.1 Å². The molecule has 18 heavy (non-hydrogen) atoms. The Hall–Kier alpha value is -1.81. The van der Waals surface area contributed by atoms with Gasteiger partial charge in [-0.1, -0.05) is 6.07 Å². The van der Waals surface area contributed by atoms with Gasteiger partial charge in [0.2, 0.25) is 0 Å². The van der Waals surface area contributed by atoms with Crippen LogP contribution in [0.2, 0.25) is 0 Å². The van der Waals surface area contributed by atoms with Crippen LogP contribution in [0.15, 0.2) is 30.6 Å². The fourth-order valence-corrected chi connectivity index (χ4v) is 2.37. The van der Waals surface area contributed by atoms with E-state index < -0.39 is 5.60 Å². The van der Waals surface area contributed by atoms with Gasteiger partial charge >= 0.3 is 0 Å². The number of nitrogen functional groups attached to an aromatic ring is 1. The van der Waals surface area contributed by atoms with Gasteiger partial charge < -0.3 is 16.2 Å². The SMILES string of the molecule is Nc1c(NCC2(O)CCC2)ccc2cnccc12. The average molecular weight is 243 g/mol. The molecule has 1 heterocycles. The number of nitrogens with two attached hydrogens (primary N) is 1. The summed E-state index contributed by atoms with van der Waals surface area (Å²) in [5, 5.41) is 15.3. The first-order valence-electron chi connectivity index (χ1n) is 6.26. The van der Waals surface area contributed by atoms with Crippen molar-refractivity contribution in [2.24, 2.45) is 0 Å². The molecule has 4 nitrogen and oxygen atoms in total. The number of nitrogens with one attached hydrogen (secondary N) is 1. The Kier molecular flexibility index (Phi) is 2.59. The van der Waals surface area contributed by atoms with Gasteiger partial charge in [0.15, 0.2) is 0 Å². The number of aromatic nitrogens is 1. The van der Waals surface area contributed by atoms with E-state index in [2.05, 4.69) is 10.3 Å². The van der Waals surface area contributed by atoms with E-state index in [9.17, 15) is 5.11 Å². The topological polar surface area (TPSA) is 71.2 Å². The van der Waals surface area contributed by atoms with Crippen LogP contribution in [0.25, 0.3) is 10.8 Å². The molecule has 2 aromatic rings. The first kappa shape index (κ1) is 11.3. The third kappa shape index (κ3) is 1.88. The van der Waals surface area contributed by atoms with E-state index in [1.165, 1.54) is 0 Å². The zero-order chi connectivity index (χ0) is 12.6. The Labute approximate surface area is 106 Å². The molecule has 1 aliphatic rings. The zero-order valence-electron chi connectivity index (χ0n) is 10.2. The number of fused-ring (bicyclic) bond motifs is 1. The van der Waals surface area contributed by atoms with Gasteiger partial charge in [0.1, 0.15) is 0 Å². The summed E-state index contributed by atoms with van der Waals surface area (Å²) in [7, 11) is 0. The summed E-state index contributed by atoms with van der Waals surface area (Å²) in [5.41, 5.74) is 7.20. The van der Waals surface area contributed by atoms with Crippen LogP contribution in [0.3, 0.4) is 0 Å². The molecule has 0 aliphatic heterocycles. The Morgan fingerprint density at radius 2 is 2.17 bits per heavy atom. The van der Waals surface area contributed by atoms with Crippen LogP contribution in [0.4, 0.5) is 11.4 Å². The normalized spacial score (nSPS) is 17.4. The average Bonchev–Trinajstić information content (AvgIpc) is 2.36. The quantitative estimate of drug-likeness (QED) is 0.722. The van der Waals surface area contributed by atoms with Gasteiger partial charge in [-0.2, -0.15) is 0 Å². The molecular formula is C14H17N3O. The Bertz CT molecular complexity index is 578. The van der Waals surface area contributed by atoms with Gasteiger partial charge in [0, 0.05) is 29.7 Å². The third-order valence-electron chi connectivity index (χ3n) is 3.75. The number of hydrogen-bond donors (Lipinski definition) is 3. The summed E-state index contributed by atoms with van der Waals surface area (Å²) in [6, 6.07) is 5.85. The lowest BCUT2D eigenvalue weighted by molar-refractivity contribution is -0.0201. The van der Waals surface area contributed by atoms with E-state index in [1.807, 2.05) is 18.2 Å². The molecule has 0 saturated heterocycles. The molecule has 0 amide bonds. The van der Waals surface area contributed by atoms with Gasteiger partial charge in [-0.05, 0) is 31.4 Å². The second-order valence-corrected chi connectivity index (χ2v) is 5.06. The maximum absolute atomic E-state index is 10.1. The van der Waals surface area contributed by atoms with Crippen LogP contribution in [0.5, 0.6) is 0 Å². The number of hydrogen-bond acceptors (Lipinski definition) is 4. The molecule has 0 unspecified atom stereocenters. The van der Waals surface area contributed by atoms with Gasteiger partial charge in [-0.15, -0.1) is 0 Å². The van der Waals surface area contributed by atoms with Crippen molar-refractivity contribution in [1.29, 1.82) is 0 Å². The molecule has 4 heteroatoms. The second-order valence-electron chi connectivity index (χ2n) is 5.06. The first-order valence-corrected chi connectivity index (χ1v) is 6.26. The summed E-state index contributed by atoms with van der Waals surface area (Å²) < 4.78 is 0. The van der Waals surface area contributed by atoms with E-state index >= 15 is 0 Å². The van der Waals surface area contributed by atoms with Gasteiger partial charge in [-0.25, -0.2) is 0 Å². The van der Waals surface area contributed by atoms with Crippen molar-refractivity contribution in [2.45, 2.75) is 24.9 Å². The zero-order valence-corrected chi connectivity index (χ0v) is 10.2. The Balaban J connectivity index is 1.86. The fraction of sp³-hybridized carbons (Fsp3) is 0.357. The molecule has 1 saturated carbocycles. The molecule has 1 aromatic carbocycles. The summed E-state index contributed by atoms with van der Waals surface area (Å²) in [6.07, 6.45) is 6.39. The van der Waals surface area contributed by atoms with Gasteiger partial charge in [0.05, 0.1) is 17.0 Å². The number of aliphatic hydroxyl groups is 1. The van der Waals surface area contributed by atoms with Crippen LogP contribution in [0, 0.1) is 0 Å². The van der Waals surface area contributed by atoms with Gasteiger partial charge in [0.25, 0.3) is 0 Å². The van der Waals surface area contributed by atoms with Crippen molar-refractivity contribution in [3.05, 3.63) is 30.6 Å². The maximum Gasteiger partial charge on any atom is 0.0819 e. The maximum atomic E-state index is 10.1. The van der Waals surface area contributed by atoms with Crippen LogP contribution in [0.1, 0.15) is 19.3 Å². The molecule has 0 bridgehead atoms. The number of pyridine rings is 1. The van der Waals surface area contributed by atoms with Crippen molar-refractivity contribution in [2.75, 3.05) is 17.6 Å². The van der Waals surface area contributed by atoms with E-state index in [1.54, 1.807) is 12.4 Å². The predicted octanol–water partition coefficient (Wildman–Crippen LogP) is 2.14. The second kappa shape index (κ2) is 4.14. The minimum absolute atomic E-state index is 0.542. The molecular weight excluding hydrogens is 226 g/mol. The van der Waals surface area contributed by atoms with Crippen molar-refractivity contribution >= 4 is 22.1 Å². The predicted molar refractivity (Wildman–Crippen MR) is 73.4 cm³/mol. The smallest absolute Gasteiger partial charge is 0.0819 e. The van der Waals surface area contributed by atoms with Crippen molar-refractivity contribution < 1.29 is 5.11 Å². The van der Waals surface area contributed by atoms with Crippen LogP contribution >= 0.6 is 0 Å². The first-order chi connectivity index (χ1) is 8.68. The molecule has 3 rings (SSSR count). The fourth-order valence-electron chi connectivity index (χ4n) is 2.37. The number of anilines is 2. The molecule has 94 valence electrons. The highest BCUT2D eigenvalue weighted by molar-refractivity contribution is 5.98. The largest absolute Gasteiger partial charge is 0.397 e. The molecule has 0 spiro atoms. The molecule has 0 radical (unpaired) electrons. The minimum atomic E-state index is -0.542. The van der Waals surface area contributed by atoms with Crippen molar-refractivity contribution in [1.82, 2.24) is 4.98 Å². The summed E-state index contributed by atoms with van der Waals surface area (Å²) in [4.78, 5) is 4.08. The van der Waals surface area contributed by atoms with Crippen molar-refractivity contribution in [3.8, 4) is 0 Å². The molecule has 1 aromatic heterocycles. The molecule has 0 atom stereocenters. The molecule has 4 N–H and O–H groups in total. The monoisotopic (exact) mass is 243 g/mol. The highest BCUT2D eigenvalue weighted by Gasteiger charge is 2.34. The Morgan fingerprint density at radius 3 is 2.89 bits per heavy atom. The molecule has 1 fully saturated rings. The van der Waals surface area contributed by atoms with E-state index in [0.717, 1.165) is 41.4 Å². The third-order valence-corrected chi connectivity index (χ3v) is 3.75. The Morgan fingerprint density at radius 1 is 1.33 bits per heavy atom. The van der Waals surface area contributed by atoms with E-state index in [0.29, 0.717) is 6.54 Å². The van der Waals surface area contributed by atoms with E-state index in [-0.39, 0.29) is 0 Å². The standard InChI is InChI=1S/C14H17N3O/c15-13-11-4-7-16-8-10(11)2-3-12(13)17-9-14(18)5-1-6-14/h2-4,7-8,17-18H,1,5-6,9,15H2. The summed E-state index contributed by atoms with van der Waals surface area (Å²) >= 11 is 0. The van der Waals surface area contributed by atoms with Crippen LogP contribution in [-0.4, -0.2) is 22.2 Å². The minimum Gasteiger partial charge on any atom is -0.397 e. The van der Waals surface area contributed by atoms with E-state index in [4.69, 9.17) is 5.73 Å². The number of nitrogens with zero attached hydrogens (tertiary/aromatic N) is 1. The highest BCUT2D eigenvalue weighted by Crippen LogP contribution is 2.33. The number of benzene rings is 1. The lowest BCUT2D eigenvalue weighted by Crippen LogP contribution is -2.43. The number of rotatable bonds is 3.